The number of carbonyl (C=O) groups is 2. The predicted molar refractivity (Wildman–Crippen MR) is 120 cm³/mol. The molecule has 0 aromatic heterocycles. The zero-order valence-electron chi connectivity index (χ0n) is 16.1. The number of amides is 1. The van der Waals surface area contributed by atoms with Crippen LogP contribution in [0, 0.1) is 0 Å². The Labute approximate surface area is 182 Å². The number of rotatable bonds is 4. The molecule has 1 aliphatic rings. The molecule has 0 aliphatic carbocycles. The Hall–Kier alpha value is -3.51. The minimum Gasteiger partial charge on any atom is -0.465 e. The van der Waals surface area contributed by atoms with Gasteiger partial charge in [0.1, 0.15) is 11.5 Å². The van der Waals surface area contributed by atoms with Gasteiger partial charge in [-0.25, -0.2) is 9.79 Å². The van der Waals surface area contributed by atoms with Gasteiger partial charge in [0.05, 0.1) is 18.4 Å². The molecule has 0 saturated carbocycles. The van der Waals surface area contributed by atoms with E-state index in [1.165, 1.54) is 7.11 Å². The molecular weight excluding hydrogens is 444 g/mol. The van der Waals surface area contributed by atoms with Crippen LogP contribution < -0.4 is 4.90 Å². The van der Waals surface area contributed by atoms with Gasteiger partial charge in [0, 0.05) is 10.0 Å². The number of amidine groups is 1. The zero-order valence-corrected chi connectivity index (χ0v) is 17.7. The highest BCUT2D eigenvalue weighted by Gasteiger charge is 2.32. The molecule has 0 radical (unpaired) electrons. The molecule has 0 bridgehead atoms. The minimum atomic E-state index is -0.406. The van der Waals surface area contributed by atoms with Crippen molar-refractivity contribution in [2.75, 3.05) is 12.0 Å². The Balaban J connectivity index is 1.76. The second-order valence-electron chi connectivity index (χ2n) is 6.57. The molecular formula is C24H17BrN2O3. The van der Waals surface area contributed by atoms with Crippen molar-refractivity contribution in [2.45, 2.75) is 0 Å². The molecule has 148 valence electrons. The molecule has 6 heteroatoms. The third-order valence-electron chi connectivity index (χ3n) is 4.59. The van der Waals surface area contributed by atoms with E-state index in [1.54, 1.807) is 35.2 Å². The summed E-state index contributed by atoms with van der Waals surface area (Å²) in [6, 6.07) is 23.9. The first-order valence-corrected chi connectivity index (χ1v) is 10.0. The van der Waals surface area contributed by atoms with E-state index in [1.807, 2.05) is 54.6 Å². The van der Waals surface area contributed by atoms with Gasteiger partial charge in [-0.1, -0.05) is 64.5 Å². The zero-order chi connectivity index (χ0) is 21.1. The number of anilines is 1. The number of nitrogens with zero attached hydrogens (tertiary/aromatic N) is 2. The summed E-state index contributed by atoms with van der Waals surface area (Å²) in [5.41, 5.74) is 3.09. The average molecular weight is 461 g/mol. The van der Waals surface area contributed by atoms with Gasteiger partial charge >= 0.3 is 5.97 Å². The van der Waals surface area contributed by atoms with Crippen LogP contribution in [0.5, 0.6) is 0 Å². The number of hydrogen-bond donors (Lipinski definition) is 0. The summed E-state index contributed by atoms with van der Waals surface area (Å²) in [4.78, 5) is 31.2. The second-order valence-corrected chi connectivity index (χ2v) is 7.48. The van der Waals surface area contributed by atoms with Crippen LogP contribution in [0.3, 0.4) is 0 Å². The number of aliphatic imine (C=N–C) groups is 1. The van der Waals surface area contributed by atoms with Crippen molar-refractivity contribution in [3.63, 3.8) is 0 Å². The standard InChI is InChI=1S/C24H17BrN2O3/c1-30-24(29)18-12-10-16(11-13-18)14-21-23(28)27(20-9-5-8-19(25)15-20)22(26-21)17-6-3-2-4-7-17/h2-15H,1H3/b21-14+. The highest BCUT2D eigenvalue weighted by molar-refractivity contribution is 9.10. The molecule has 1 heterocycles. The highest BCUT2D eigenvalue weighted by Crippen LogP contribution is 2.29. The van der Waals surface area contributed by atoms with Crippen molar-refractivity contribution >= 4 is 45.4 Å². The largest absolute Gasteiger partial charge is 0.465 e. The SMILES string of the molecule is COC(=O)c1ccc(/C=C2/N=C(c3ccccc3)N(c3cccc(Br)c3)C2=O)cc1. The lowest BCUT2D eigenvalue weighted by Crippen LogP contribution is -2.32. The van der Waals surface area contributed by atoms with Crippen molar-refractivity contribution in [2.24, 2.45) is 4.99 Å². The van der Waals surface area contributed by atoms with Gasteiger partial charge in [0.2, 0.25) is 0 Å². The number of ether oxygens (including phenoxy) is 1. The maximum Gasteiger partial charge on any atom is 0.337 e. The van der Waals surface area contributed by atoms with E-state index >= 15 is 0 Å². The Morgan fingerprint density at radius 3 is 2.40 bits per heavy atom. The molecule has 30 heavy (non-hydrogen) atoms. The van der Waals surface area contributed by atoms with Crippen molar-refractivity contribution < 1.29 is 14.3 Å². The molecule has 0 fully saturated rings. The Bertz CT molecular complexity index is 1170. The second kappa shape index (κ2) is 8.47. The van der Waals surface area contributed by atoms with Crippen LogP contribution >= 0.6 is 15.9 Å². The van der Waals surface area contributed by atoms with E-state index < -0.39 is 5.97 Å². The number of halogens is 1. The molecule has 0 N–H and O–H groups in total. The lowest BCUT2D eigenvalue weighted by Gasteiger charge is -2.18. The maximum absolute atomic E-state index is 13.3. The summed E-state index contributed by atoms with van der Waals surface area (Å²) < 4.78 is 5.59. The molecule has 1 amide bonds. The monoisotopic (exact) mass is 460 g/mol. The number of methoxy groups -OCH3 is 1. The van der Waals surface area contributed by atoms with Crippen LogP contribution in [0.25, 0.3) is 6.08 Å². The summed E-state index contributed by atoms with van der Waals surface area (Å²) in [6.45, 7) is 0. The minimum absolute atomic E-state index is 0.219. The summed E-state index contributed by atoms with van der Waals surface area (Å²) >= 11 is 3.47. The lowest BCUT2D eigenvalue weighted by atomic mass is 10.1. The normalized spacial score (nSPS) is 14.7. The van der Waals surface area contributed by atoms with Gasteiger partial charge in [0.25, 0.3) is 5.91 Å². The average Bonchev–Trinajstić information content (AvgIpc) is 3.10. The van der Waals surface area contributed by atoms with Crippen LogP contribution in [0.1, 0.15) is 21.5 Å². The van der Waals surface area contributed by atoms with Crippen LogP contribution in [-0.4, -0.2) is 24.8 Å². The highest BCUT2D eigenvalue weighted by atomic mass is 79.9. The topological polar surface area (TPSA) is 59.0 Å². The van der Waals surface area contributed by atoms with E-state index in [2.05, 4.69) is 20.9 Å². The fraction of sp³-hybridized carbons (Fsp3) is 0.0417. The molecule has 3 aromatic carbocycles. The molecule has 1 aliphatic heterocycles. The van der Waals surface area contributed by atoms with Crippen molar-refractivity contribution in [3.05, 3.63) is 106 Å². The molecule has 0 unspecified atom stereocenters. The van der Waals surface area contributed by atoms with Gasteiger partial charge in [0.15, 0.2) is 0 Å². The van der Waals surface area contributed by atoms with E-state index in [0.717, 1.165) is 21.3 Å². The Morgan fingerprint density at radius 1 is 1.00 bits per heavy atom. The lowest BCUT2D eigenvalue weighted by molar-refractivity contribution is -0.113. The first-order valence-electron chi connectivity index (χ1n) is 9.21. The number of carbonyl (C=O) groups excluding carboxylic acids is 2. The Morgan fingerprint density at radius 2 is 1.73 bits per heavy atom. The van der Waals surface area contributed by atoms with Crippen molar-refractivity contribution in [1.82, 2.24) is 0 Å². The van der Waals surface area contributed by atoms with Gasteiger partial charge in [-0.3, -0.25) is 9.69 Å². The fourth-order valence-corrected chi connectivity index (χ4v) is 3.53. The van der Waals surface area contributed by atoms with Gasteiger partial charge in [-0.2, -0.15) is 0 Å². The maximum atomic E-state index is 13.3. The summed E-state index contributed by atoms with van der Waals surface area (Å²) in [5.74, 6) is -0.0588. The first kappa shape index (κ1) is 19.8. The Kier molecular flexibility index (Phi) is 5.59. The van der Waals surface area contributed by atoms with Gasteiger partial charge in [-0.05, 0) is 42.0 Å². The molecule has 0 saturated heterocycles. The smallest absolute Gasteiger partial charge is 0.337 e. The first-order chi connectivity index (χ1) is 14.6. The molecule has 4 rings (SSSR count). The molecule has 3 aromatic rings. The van der Waals surface area contributed by atoms with Crippen LogP contribution in [-0.2, 0) is 9.53 Å². The van der Waals surface area contributed by atoms with Crippen LogP contribution in [0.15, 0.2) is 94.0 Å². The van der Waals surface area contributed by atoms with Gasteiger partial charge < -0.3 is 4.74 Å². The van der Waals surface area contributed by atoms with Crippen LogP contribution in [0.4, 0.5) is 5.69 Å². The number of benzene rings is 3. The van der Waals surface area contributed by atoms with E-state index in [0.29, 0.717) is 17.1 Å². The molecule has 0 atom stereocenters. The predicted octanol–water partition coefficient (Wildman–Crippen LogP) is 5.07. The number of esters is 1. The van der Waals surface area contributed by atoms with E-state index in [9.17, 15) is 9.59 Å². The van der Waals surface area contributed by atoms with Gasteiger partial charge in [-0.15, -0.1) is 0 Å². The van der Waals surface area contributed by atoms with Crippen molar-refractivity contribution in [3.8, 4) is 0 Å². The molecule has 0 spiro atoms. The summed E-state index contributed by atoms with van der Waals surface area (Å²) in [7, 11) is 1.34. The van der Waals surface area contributed by atoms with E-state index in [4.69, 9.17) is 4.74 Å². The summed E-state index contributed by atoms with van der Waals surface area (Å²) in [6.07, 6.45) is 1.71. The third kappa shape index (κ3) is 3.95. The quantitative estimate of drug-likeness (QED) is 0.403. The number of hydrogen-bond acceptors (Lipinski definition) is 4. The summed E-state index contributed by atoms with van der Waals surface area (Å²) in [5, 5.41) is 0. The van der Waals surface area contributed by atoms with Crippen LogP contribution in [0.2, 0.25) is 0 Å². The van der Waals surface area contributed by atoms with Crippen molar-refractivity contribution in [1.29, 1.82) is 0 Å². The fourth-order valence-electron chi connectivity index (χ4n) is 3.14. The van der Waals surface area contributed by atoms with E-state index in [-0.39, 0.29) is 5.91 Å². The molecule has 5 nitrogen and oxygen atoms in total. The third-order valence-corrected chi connectivity index (χ3v) is 5.09.